The second-order valence-electron chi connectivity index (χ2n) is 3.19. The van der Waals surface area contributed by atoms with Gasteiger partial charge in [-0.1, -0.05) is 22.9 Å². The number of aryl methyl sites for hydroxylation is 1. The predicted molar refractivity (Wildman–Crippen MR) is 61.0 cm³/mol. The van der Waals surface area contributed by atoms with Crippen LogP contribution in [0.4, 0.5) is 4.39 Å². The van der Waals surface area contributed by atoms with Gasteiger partial charge in [0.25, 0.3) is 0 Å². The monoisotopic (exact) mass is 259 g/mol. The zero-order chi connectivity index (χ0) is 10.4. The molecule has 78 valence electrons. The molecular weight excluding hydrogens is 245 g/mol. The Balaban J connectivity index is 2.45. The molecule has 0 saturated heterocycles. The molecule has 0 atom stereocenters. The Hall–Kier alpha value is -0.410. The van der Waals surface area contributed by atoms with Crippen molar-refractivity contribution in [3.05, 3.63) is 34.1 Å². The zero-order valence-electron chi connectivity index (χ0n) is 8.32. The Morgan fingerprint density at radius 1 is 1.43 bits per heavy atom. The van der Waals surface area contributed by atoms with Crippen LogP contribution in [0.3, 0.4) is 0 Å². The van der Waals surface area contributed by atoms with E-state index in [-0.39, 0.29) is 5.82 Å². The fourth-order valence-corrected chi connectivity index (χ4v) is 1.72. The highest BCUT2D eigenvalue weighted by Gasteiger charge is 2.01. The smallest absolute Gasteiger partial charge is 0.126 e. The maximum absolute atomic E-state index is 13.2. The number of halogens is 2. The third-order valence-corrected chi connectivity index (χ3v) is 2.55. The first kappa shape index (κ1) is 11.7. The van der Waals surface area contributed by atoms with E-state index >= 15 is 0 Å². The summed E-state index contributed by atoms with van der Waals surface area (Å²) in [6.45, 7) is 3.99. The zero-order valence-corrected chi connectivity index (χ0v) is 9.90. The van der Waals surface area contributed by atoms with Crippen LogP contribution in [0.2, 0.25) is 0 Å². The summed E-state index contributed by atoms with van der Waals surface area (Å²) < 4.78 is 14.2. The molecule has 0 heterocycles. The van der Waals surface area contributed by atoms with E-state index in [9.17, 15) is 4.39 Å². The molecule has 1 rings (SSSR count). The van der Waals surface area contributed by atoms with Crippen LogP contribution in [0.1, 0.15) is 18.9 Å². The number of nitrogens with one attached hydrogen (secondary N) is 1. The molecule has 3 heteroatoms. The molecule has 0 aliphatic carbocycles. The molecule has 0 fully saturated rings. The van der Waals surface area contributed by atoms with Crippen molar-refractivity contribution in [1.82, 2.24) is 5.32 Å². The normalized spacial score (nSPS) is 10.5. The summed E-state index contributed by atoms with van der Waals surface area (Å²) in [6.07, 6.45) is 1.76. The van der Waals surface area contributed by atoms with Crippen LogP contribution in [0.15, 0.2) is 22.7 Å². The molecule has 0 saturated carbocycles. The molecule has 0 bridgehead atoms. The highest BCUT2D eigenvalue weighted by molar-refractivity contribution is 9.10. The summed E-state index contributed by atoms with van der Waals surface area (Å²) in [6, 6.07) is 5.08. The van der Waals surface area contributed by atoms with Gasteiger partial charge in [0.2, 0.25) is 0 Å². The van der Waals surface area contributed by atoms with Gasteiger partial charge in [0.05, 0.1) is 0 Å². The van der Waals surface area contributed by atoms with Crippen molar-refractivity contribution in [2.24, 2.45) is 0 Å². The topological polar surface area (TPSA) is 12.0 Å². The van der Waals surface area contributed by atoms with Crippen LogP contribution >= 0.6 is 15.9 Å². The van der Waals surface area contributed by atoms with Crippen LogP contribution in [-0.4, -0.2) is 13.1 Å². The first-order chi connectivity index (χ1) is 6.74. The van der Waals surface area contributed by atoms with Crippen molar-refractivity contribution in [3.8, 4) is 0 Å². The molecule has 0 aromatic heterocycles. The van der Waals surface area contributed by atoms with Gasteiger partial charge in [-0.3, -0.25) is 0 Å². The fourth-order valence-electron chi connectivity index (χ4n) is 1.32. The van der Waals surface area contributed by atoms with Crippen molar-refractivity contribution >= 4 is 15.9 Å². The van der Waals surface area contributed by atoms with E-state index in [4.69, 9.17) is 0 Å². The quantitative estimate of drug-likeness (QED) is 0.802. The Morgan fingerprint density at radius 3 is 2.93 bits per heavy atom. The number of hydrogen-bond donors (Lipinski definition) is 1. The molecule has 0 radical (unpaired) electrons. The third kappa shape index (κ3) is 3.76. The summed E-state index contributed by atoms with van der Waals surface area (Å²) in [5, 5.41) is 3.22. The van der Waals surface area contributed by atoms with Crippen molar-refractivity contribution in [2.75, 3.05) is 13.1 Å². The molecule has 0 spiro atoms. The van der Waals surface area contributed by atoms with Gasteiger partial charge in [0.15, 0.2) is 0 Å². The second kappa shape index (κ2) is 6.14. The lowest BCUT2D eigenvalue weighted by Gasteiger charge is -2.04. The van der Waals surface area contributed by atoms with Gasteiger partial charge < -0.3 is 5.32 Å². The minimum atomic E-state index is -0.107. The SMILES string of the molecule is CCNCCCc1cc(Br)ccc1F. The third-order valence-electron chi connectivity index (χ3n) is 2.06. The fraction of sp³-hybridized carbons (Fsp3) is 0.455. The Morgan fingerprint density at radius 2 is 2.21 bits per heavy atom. The molecule has 0 aliphatic rings. The largest absolute Gasteiger partial charge is 0.317 e. The van der Waals surface area contributed by atoms with Crippen LogP contribution in [0.25, 0.3) is 0 Å². The molecule has 0 amide bonds. The van der Waals surface area contributed by atoms with E-state index in [1.165, 1.54) is 6.07 Å². The lowest BCUT2D eigenvalue weighted by atomic mass is 10.1. The number of rotatable bonds is 5. The lowest BCUT2D eigenvalue weighted by molar-refractivity contribution is 0.596. The molecule has 1 aromatic carbocycles. The first-order valence-corrected chi connectivity index (χ1v) is 5.68. The molecule has 0 unspecified atom stereocenters. The van der Waals surface area contributed by atoms with E-state index in [0.717, 1.165) is 36.0 Å². The summed E-state index contributed by atoms with van der Waals surface area (Å²) in [7, 11) is 0. The maximum Gasteiger partial charge on any atom is 0.126 e. The summed E-state index contributed by atoms with van der Waals surface area (Å²) in [4.78, 5) is 0. The number of benzene rings is 1. The van der Waals surface area contributed by atoms with Crippen LogP contribution in [-0.2, 0) is 6.42 Å². The lowest BCUT2D eigenvalue weighted by Crippen LogP contribution is -2.14. The molecule has 14 heavy (non-hydrogen) atoms. The average molecular weight is 260 g/mol. The van der Waals surface area contributed by atoms with Crippen molar-refractivity contribution in [3.63, 3.8) is 0 Å². The van der Waals surface area contributed by atoms with E-state index in [1.54, 1.807) is 6.07 Å². The standard InChI is InChI=1S/C11H15BrFN/c1-2-14-7-3-4-9-8-10(12)5-6-11(9)13/h5-6,8,14H,2-4,7H2,1H3. The summed E-state index contributed by atoms with van der Waals surface area (Å²) in [5.74, 6) is -0.107. The van der Waals surface area contributed by atoms with E-state index in [1.807, 2.05) is 6.07 Å². The predicted octanol–water partition coefficient (Wildman–Crippen LogP) is 3.13. The van der Waals surface area contributed by atoms with Crippen molar-refractivity contribution in [1.29, 1.82) is 0 Å². The minimum Gasteiger partial charge on any atom is -0.317 e. The first-order valence-electron chi connectivity index (χ1n) is 4.88. The van der Waals surface area contributed by atoms with E-state index < -0.39 is 0 Å². The van der Waals surface area contributed by atoms with Crippen molar-refractivity contribution in [2.45, 2.75) is 19.8 Å². The van der Waals surface area contributed by atoms with Gasteiger partial charge in [-0.05, 0) is 49.7 Å². The number of hydrogen-bond acceptors (Lipinski definition) is 1. The molecule has 1 nitrogen and oxygen atoms in total. The van der Waals surface area contributed by atoms with E-state index in [0.29, 0.717) is 0 Å². The van der Waals surface area contributed by atoms with E-state index in [2.05, 4.69) is 28.2 Å². The molecule has 0 aliphatic heterocycles. The Kier molecular flexibility index (Phi) is 5.12. The van der Waals surface area contributed by atoms with Crippen molar-refractivity contribution < 1.29 is 4.39 Å². The second-order valence-corrected chi connectivity index (χ2v) is 4.11. The highest BCUT2D eigenvalue weighted by Crippen LogP contribution is 2.16. The molecule has 1 N–H and O–H groups in total. The highest BCUT2D eigenvalue weighted by atomic mass is 79.9. The van der Waals surface area contributed by atoms with Gasteiger partial charge in [0.1, 0.15) is 5.82 Å². The maximum atomic E-state index is 13.2. The van der Waals surface area contributed by atoms with Gasteiger partial charge in [0, 0.05) is 4.47 Å². The van der Waals surface area contributed by atoms with Gasteiger partial charge in [-0.25, -0.2) is 4.39 Å². The minimum absolute atomic E-state index is 0.107. The summed E-state index contributed by atoms with van der Waals surface area (Å²) in [5.41, 5.74) is 0.789. The Labute approximate surface area is 92.8 Å². The average Bonchev–Trinajstić information content (AvgIpc) is 2.18. The molecule has 1 aromatic rings. The van der Waals surface area contributed by atoms with Gasteiger partial charge in [-0.15, -0.1) is 0 Å². The van der Waals surface area contributed by atoms with Crippen LogP contribution in [0.5, 0.6) is 0 Å². The molecular formula is C11H15BrFN. The van der Waals surface area contributed by atoms with Crippen LogP contribution in [0, 0.1) is 5.82 Å². The summed E-state index contributed by atoms with van der Waals surface area (Å²) >= 11 is 3.34. The Bertz CT molecular complexity index is 289. The van der Waals surface area contributed by atoms with Gasteiger partial charge in [-0.2, -0.15) is 0 Å². The van der Waals surface area contributed by atoms with Gasteiger partial charge >= 0.3 is 0 Å². The van der Waals surface area contributed by atoms with Crippen LogP contribution < -0.4 is 5.32 Å².